The Morgan fingerprint density at radius 2 is 1.93 bits per heavy atom. The van der Waals surface area contributed by atoms with Crippen LogP contribution in [0.15, 0.2) is 24.3 Å². The van der Waals surface area contributed by atoms with Crippen molar-refractivity contribution in [1.29, 1.82) is 0 Å². The van der Waals surface area contributed by atoms with Gasteiger partial charge in [0.25, 0.3) is 5.91 Å². The molecule has 1 aromatic carbocycles. The molecule has 0 unspecified atom stereocenters. The summed E-state index contributed by atoms with van der Waals surface area (Å²) in [5, 5.41) is 1.10. The Bertz CT molecular complexity index is 780. The van der Waals surface area contributed by atoms with Gasteiger partial charge in [0.15, 0.2) is 6.61 Å². The molecule has 0 bridgehead atoms. The second kappa shape index (κ2) is 8.38. The van der Waals surface area contributed by atoms with E-state index in [0.29, 0.717) is 6.54 Å². The molecule has 1 aliphatic heterocycles. The molecule has 2 aromatic rings. The SMILES string of the molecule is O=C(OCC(=O)N1CCC[C@@H](c2nc3ccccc3s2)C1)C1CCCCC1. The molecule has 5 nitrogen and oxygen atoms in total. The number of likely N-dealkylation sites (tertiary alicyclic amines) is 1. The monoisotopic (exact) mass is 386 g/mol. The Labute approximate surface area is 163 Å². The molecule has 0 spiro atoms. The van der Waals surface area contributed by atoms with Gasteiger partial charge in [0.05, 0.1) is 21.1 Å². The van der Waals surface area contributed by atoms with Crippen molar-refractivity contribution in [2.45, 2.75) is 50.9 Å². The maximum atomic E-state index is 12.6. The van der Waals surface area contributed by atoms with Crippen molar-refractivity contribution in [1.82, 2.24) is 9.88 Å². The summed E-state index contributed by atoms with van der Waals surface area (Å²) in [6.45, 7) is 1.28. The van der Waals surface area contributed by atoms with Crippen LogP contribution in [0.5, 0.6) is 0 Å². The fraction of sp³-hybridized carbons (Fsp3) is 0.571. The van der Waals surface area contributed by atoms with Gasteiger partial charge in [-0.05, 0) is 37.8 Å². The topological polar surface area (TPSA) is 59.5 Å². The molecule has 1 saturated heterocycles. The number of fused-ring (bicyclic) bond motifs is 1. The van der Waals surface area contributed by atoms with Gasteiger partial charge < -0.3 is 9.64 Å². The summed E-state index contributed by atoms with van der Waals surface area (Å²) in [6, 6.07) is 8.16. The summed E-state index contributed by atoms with van der Waals surface area (Å²) in [7, 11) is 0. The quantitative estimate of drug-likeness (QED) is 0.742. The highest BCUT2D eigenvalue weighted by atomic mass is 32.1. The average molecular weight is 387 g/mol. The molecular formula is C21H26N2O3S. The standard InChI is InChI=1S/C21H26N2O3S/c24-19(14-26-21(25)15-7-2-1-3-8-15)23-12-6-9-16(13-23)20-22-17-10-4-5-11-18(17)27-20/h4-5,10-11,15-16H,1-3,6-9,12-14H2/t16-/m1/s1. The van der Waals surface area contributed by atoms with Crippen LogP contribution in [0, 0.1) is 5.92 Å². The number of carbonyl (C=O) groups is 2. The molecule has 4 rings (SSSR count). The number of ether oxygens (including phenoxy) is 1. The first-order valence-electron chi connectivity index (χ1n) is 10.0. The maximum Gasteiger partial charge on any atom is 0.309 e. The van der Waals surface area contributed by atoms with Crippen LogP contribution in [0.1, 0.15) is 55.9 Å². The van der Waals surface area contributed by atoms with Crippen molar-refractivity contribution in [3.63, 3.8) is 0 Å². The predicted octanol–water partition coefficient (Wildman–Crippen LogP) is 4.13. The van der Waals surface area contributed by atoms with E-state index in [1.165, 1.54) is 11.1 Å². The fourth-order valence-electron chi connectivity index (χ4n) is 4.15. The maximum absolute atomic E-state index is 12.6. The number of hydrogen-bond donors (Lipinski definition) is 0. The van der Waals surface area contributed by atoms with E-state index in [9.17, 15) is 9.59 Å². The zero-order valence-corrected chi connectivity index (χ0v) is 16.4. The number of amides is 1. The van der Waals surface area contributed by atoms with Crippen LogP contribution < -0.4 is 0 Å². The molecular weight excluding hydrogens is 360 g/mol. The second-order valence-corrected chi connectivity index (χ2v) is 8.70. The van der Waals surface area contributed by atoms with Crippen LogP contribution in [0.25, 0.3) is 10.2 Å². The summed E-state index contributed by atoms with van der Waals surface area (Å²) in [6.07, 6.45) is 7.18. The summed E-state index contributed by atoms with van der Waals surface area (Å²) in [5.74, 6) is -0.00898. The molecule has 0 N–H and O–H groups in total. The molecule has 2 fully saturated rings. The Balaban J connectivity index is 1.33. The third kappa shape index (κ3) is 4.32. The van der Waals surface area contributed by atoms with E-state index in [2.05, 4.69) is 6.07 Å². The van der Waals surface area contributed by atoms with Crippen LogP contribution in [-0.2, 0) is 14.3 Å². The lowest BCUT2D eigenvalue weighted by molar-refractivity contribution is -0.156. The van der Waals surface area contributed by atoms with Gasteiger partial charge in [0, 0.05) is 19.0 Å². The summed E-state index contributed by atoms with van der Waals surface area (Å²) in [4.78, 5) is 31.3. The fourth-order valence-corrected chi connectivity index (χ4v) is 5.24. The molecule has 6 heteroatoms. The van der Waals surface area contributed by atoms with Gasteiger partial charge in [-0.3, -0.25) is 9.59 Å². The van der Waals surface area contributed by atoms with E-state index in [0.717, 1.165) is 55.6 Å². The third-order valence-corrected chi connectivity index (χ3v) is 6.91. The van der Waals surface area contributed by atoms with Crippen LogP contribution >= 0.6 is 11.3 Å². The lowest BCUT2D eigenvalue weighted by atomic mass is 9.89. The number of carbonyl (C=O) groups excluding carboxylic acids is 2. The Hall–Kier alpha value is -1.95. The number of nitrogens with zero attached hydrogens (tertiary/aromatic N) is 2. The number of rotatable bonds is 4. The molecule has 1 saturated carbocycles. The number of piperidine rings is 1. The smallest absolute Gasteiger partial charge is 0.309 e. The highest BCUT2D eigenvalue weighted by Crippen LogP contribution is 2.33. The number of esters is 1. The normalized spacial score (nSPS) is 21.3. The molecule has 0 radical (unpaired) electrons. The summed E-state index contributed by atoms with van der Waals surface area (Å²) in [5.41, 5.74) is 1.03. The Morgan fingerprint density at radius 1 is 1.11 bits per heavy atom. The van der Waals surface area contributed by atoms with Crippen molar-refractivity contribution in [3.8, 4) is 0 Å². The summed E-state index contributed by atoms with van der Waals surface area (Å²) < 4.78 is 6.53. The van der Waals surface area contributed by atoms with E-state index in [1.807, 2.05) is 23.1 Å². The van der Waals surface area contributed by atoms with Crippen molar-refractivity contribution in [2.24, 2.45) is 5.92 Å². The van der Waals surface area contributed by atoms with Gasteiger partial charge in [0.2, 0.25) is 0 Å². The van der Waals surface area contributed by atoms with Gasteiger partial charge in [0.1, 0.15) is 0 Å². The number of para-hydroxylation sites is 1. The van der Waals surface area contributed by atoms with Gasteiger partial charge in [-0.1, -0.05) is 31.4 Å². The minimum atomic E-state index is -0.192. The highest BCUT2D eigenvalue weighted by molar-refractivity contribution is 7.18. The van der Waals surface area contributed by atoms with Crippen molar-refractivity contribution >= 4 is 33.4 Å². The largest absolute Gasteiger partial charge is 0.455 e. The molecule has 1 atom stereocenters. The molecule has 1 aromatic heterocycles. The van der Waals surface area contributed by atoms with Crippen LogP contribution in [0.4, 0.5) is 0 Å². The summed E-state index contributed by atoms with van der Waals surface area (Å²) >= 11 is 1.72. The molecule has 2 heterocycles. The minimum absolute atomic E-state index is 0.0107. The van der Waals surface area contributed by atoms with Gasteiger partial charge in [-0.25, -0.2) is 4.98 Å². The number of benzene rings is 1. The first-order chi connectivity index (χ1) is 13.2. The van der Waals surface area contributed by atoms with Crippen LogP contribution in [0.2, 0.25) is 0 Å². The highest BCUT2D eigenvalue weighted by Gasteiger charge is 2.28. The van der Waals surface area contributed by atoms with E-state index in [1.54, 1.807) is 11.3 Å². The number of hydrogen-bond acceptors (Lipinski definition) is 5. The van der Waals surface area contributed by atoms with E-state index >= 15 is 0 Å². The second-order valence-electron chi connectivity index (χ2n) is 7.64. The van der Waals surface area contributed by atoms with Crippen LogP contribution in [-0.4, -0.2) is 41.5 Å². The van der Waals surface area contributed by atoms with Gasteiger partial charge >= 0.3 is 5.97 Å². The van der Waals surface area contributed by atoms with Crippen molar-refractivity contribution in [3.05, 3.63) is 29.3 Å². The van der Waals surface area contributed by atoms with E-state index in [4.69, 9.17) is 9.72 Å². The minimum Gasteiger partial charge on any atom is -0.455 e. The average Bonchev–Trinajstić information content (AvgIpc) is 3.17. The molecule has 144 valence electrons. The first kappa shape index (κ1) is 18.4. The lowest BCUT2D eigenvalue weighted by Gasteiger charge is -2.31. The zero-order chi connectivity index (χ0) is 18.6. The zero-order valence-electron chi connectivity index (χ0n) is 15.6. The first-order valence-corrected chi connectivity index (χ1v) is 10.8. The van der Waals surface area contributed by atoms with Crippen LogP contribution in [0.3, 0.4) is 0 Å². The predicted molar refractivity (Wildman–Crippen MR) is 106 cm³/mol. The van der Waals surface area contributed by atoms with Crippen molar-refractivity contribution in [2.75, 3.05) is 19.7 Å². The molecule has 27 heavy (non-hydrogen) atoms. The Kier molecular flexibility index (Phi) is 5.72. The number of thiazole rings is 1. The molecule has 1 amide bonds. The van der Waals surface area contributed by atoms with Gasteiger partial charge in [-0.2, -0.15) is 0 Å². The van der Waals surface area contributed by atoms with E-state index in [-0.39, 0.29) is 30.3 Å². The van der Waals surface area contributed by atoms with Gasteiger partial charge in [-0.15, -0.1) is 11.3 Å². The lowest BCUT2D eigenvalue weighted by Crippen LogP contribution is -2.41. The molecule has 1 aliphatic carbocycles. The number of aromatic nitrogens is 1. The Morgan fingerprint density at radius 3 is 2.74 bits per heavy atom. The van der Waals surface area contributed by atoms with E-state index < -0.39 is 0 Å². The molecule has 2 aliphatic rings. The van der Waals surface area contributed by atoms with Crippen molar-refractivity contribution < 1.29 is 14.3 Å². The third-order valence-electron chi connectivity index (χ3n) is 5.71.